The van der Waals surface area contributed by atoms with Gasteiger partial charge in [0.2, 0.25) is 0 Å². The zero-order chi connectivity index (χ0) is 20.4. The molecule has 29 heavy (non-hydrogen) atoms. The molecule has 1 saturated heterocycles. The monoisotopic (exact) mass is 404 g/mol. The number of carbonyl (C=O) groups excluding carboxylic acids is 2. The van der Waals surface area contributed by atoms with Crippen molar-refractivity contribution in [1.82, 2.24) is 14.9 Å². The Hall–Kier alpha value is -3.78. The lowest BCUT2D eigenvalue weighted by atomic mass is 10.1. The molecule has 1 aliphatic rings. The number of nitrogens with zero attached hydrogens (tertiary/aromatic N) is 3. The Kier molecular flexibility index (Phi) is 4.92. The molecule has 2 aromatic carbocycles. The number of carbonyl (C=O) groups is 2. The van der Waals surface area contributed by atoms with Crippen LogP contribution in [-0.4, -0.2) is 26.5 Å². The molecule has 0 atom stereocenters. The topological polar surface area (TPSA) is 76.5 Å². The van der Waals surface area contributed by atoms with Crippen molar-refractivity contribution in [2.24, 2.45) is 7.05 Å². The molecule has 0 bridgehead atoms. The third-order valence-electron chi connectivity index (χ3n) is 4.32. The van der Waals surface area contributed by atoms with E-state index in [0.29, 0.717) is 22.9 Å². The first-order chi connectivity index (χ1) is 14.0. The summed E-state index contributed by atoms with van der Waals surface area (Å²) < 4.78 is 7.48. The Morgan fingerprint density at radius 2 is 1.72 bits per heavy atom. The number of rotatable bonds is 4. The lowest BCUT2D eigenvalue weighted by Gasteiger charge is -2.29. The van der Waals surface area contributed by atoms with Crippen LogP contribution in [0.2, 0.25) is 0 Å². The maximum atomic E-state index is 13.0. The summed E-state index contributed by atoms with van der Waals surface area (Å²) in [6.07, 6.45) is 4.65. The molecule has 2 amide bonds. The lowest BCUT2D eigenvalue weighted by Crippen LogP contribution is -2.54. The minimum Gasteiger partial charge on any atom is -0.457 e. The summed E-state index contributed by atoms with van der Waals surface area (Å²) in [6, 6.07) is 16.3. The van der Waals surface area contributed by atoms with Gasteiger partial charge in [0.1, 0.15) is 17.1 Å². The molecule has 1 aromatic heterocycles. The molecule has 1 aliphatic heterocycles. The number of nitrogens with one attached hydrogen (secondary N) is 1. The second-order valence-corrected chi connectivity index (χ2v) is 6.68. The minimum atomic E-state index is -0.540. The number of aryl methyl sites for hydroxylation is 1. The van der Waals surface area contributed by atoms with Crippen molar-refractivity contribution in [3.05, 3.63) is 78.4 Å². The maximum Gasteiger partial charge on any atom is 0.270 e. The zero-order valence-corrected chi connectivity index (χ0v) is 16.2. The van der Waals surface area contributed by atoms with E-state index >= 15 is 0 Å². The fourth-order valence-electron chi connectivity index (χ4n) is 2.83. The zero-order valence-electron chi connectivity index (χ0n) is 15.4. The van der Waals surface area contributed by atoms with Gasteiger partial charge < -0.3 is 9.30 Å². The summed E-state index contributed by atoms with van der Waals surface area (Å²) in [5, 5.41) is 2.59. The number of amides is 2. The number of anilines is 1. The SMILES string of the molecule is Cn1cncc1/C=C1/C(=O)NC(=S)N(c2ccc(Oc3ccccc3)cc2)C1=O. The maximum absolute atomic E-state index is 13.0. The van der Waals surface area contributed by atoms with Crippen LogP contribution in [0, 0.1) is 0 Å². The molecule has 2 heterocycles. The summed E-state index contributed by atoms with van der Waals surface area (Å²) in [7, 11) is 1.78. The van der Waals surface area contributed by atoms with Gasteiger partial charge in [-0.1, -0.05) is 18.2 Å². The van der Waals surface area contributed by atoms with Gasteiger partial charge in [-0.2, -0.15) is 0 Å². The number of hydrogen-bond donors (Lipinski definition) is 1. The molecule has 3 aromatic rings. The summed E-state index contributed by atoms with van der Waals surface area (Å²) in [4.78, 5) is 30.6. The second kappa shape index (κ2) is 7.69. The van der Waals surface area contributed by atoms with Crippen LogP contribution in [0.5, 0.6) is 11.5 Å². The third kappa shape index (κ3) is 3.78. The highest BCUT2D eigenvalue weighted by Gasteiger charge is 2.34. The summed E-state index contributed by atoms with van der Waals surface area (Å²) >= 11 is 5.22. The molecule has 0 aliphatic carbocycles. The van der Waals surface area contributed by atoms with Crippen LogP contribution in [0.25, 0.3) is 6.08 Å². The average Bonchev–Trinajstić information content (AvgIpc) is 3.12. The number of benzene rings is 2. The van der Waals surface area contributed by atoms with E-state index in [1.54, 1.807) is 48.4 Å². The van der Waals surface area contributed by atoms with Crippen LogP contribution in [0.3, 0.4) is 0 Å². The van der Waals surface area contributed by atoms with Gasteiger partial charge in [0.15, 0.2) is 5.11 Å². The Balaban J connectivity index is 1.60. The van der Waals surface area contributed by atoms with Gasteiger partial charge in [-0.3, -0.25) is 19.8 Å². The van der Waals surface area contributed by atoms with E-state index in [0.717, 1.165) is 0 Å². The molecule has 4 rings (SSSR count). The molecule has 1 fully saturated rings. The van der Waals surface area contributed by atoms with Crippen molar-refractivity contribution >= 4 is 40.9 Å². The van der Waals surface area contributed by atoms with E-state index in [-0.39, 0.29) is 10.7 Å². The molecule has 0 saturated carbocycles. The van der Waals surface area contributed by atoms with Gasteiger partial charge in [0.25, 0.3) is 11.8 Å². The van der Waals surface area contributed by atoms with Crippen LogP contribution in [0.1, 0.15) is 5.69 Å². The first kappa shape index (κ1) is 18.6. The van der Waals surface area contributed by atoms with Crippen LogP contribution in [-0.2, 0) is 16.6 Å². The van der Waals surface area contributed by atoms with Gasteiger partial charge in [-0.15, -0.1) is 0 Å². The molecule has 7 nitrogen and oxygen atoms in total. The Labute approximate surface area is 172 Å². The number of imidazole rings is 1. The number of hydrogen-bond acceptors (Lipinski definition) is 5. The fraction of sp³-hybridized carbons (Fsp3) is 0.0476. The fourth-order valence-corrected chi connectivity index (χ4v) is 3.12. The number of thiocarbonyl (C=S) groups is 1. The van der Waals surface area contributed by atoms with Gasteiger partial charge in [-0.05, 0) is 54.7 Å². The van der Waals surface area contributed by atoms with E-state index in [4.69, 9.17) is 17.0 Å². The third-order valence-corrected chi connectivity index (χ3v) is 4.61. The first-order valence-electron chi connectivity index (χ1n) is 8.73. The van der Waals surface area contributed by atoms with Crippen molar-refractivity contribution in [3.63, 3.8) is 0 Å². The van der Waals surface area contributed by atoms with E-state index in [1.807, 2.05) is 30.3 Å². The van der Waals surface area contributed by atoms with E-state index in [2.05, 4.69) is 10.3 Å². The highest BCUT2D eigenvalue weighted by Crippen LogP contribution is 2.27. The van der Waals surface area contributed by atoms with Gasteiger partial charge >= 0.3 is 0 Å². The molecular weight excluding hydrogens is 388 g/mol. The van der Waals surface area contributed by atoms with Crippen LogP contribution >= 0.6 is 12.2 Å². The van der Waals surface area contributed by atoms with Crippen molar-refractivity contribution in [3.8, 4) is 11.5 Å². The van der Waals surface area contributed by atoms with Crippen molar-refractivity contribution in [1.29, 1.82) is 0 Å². The number of para-hydroxylation sites is 1. The molecule has 8 heteroatoms. The lowest BCUT2D eigenvalue weighted by molar-refractivity contribution is -0.122. The smallest absolute Gasteiger partial charge is 0.270 e. The van der Waals surface area contributed by atoms with Crippen LogP contribution < -0.4 is 15.0 Å². The predicted molar refractivity (Wildman–Crippen MR) is 112 cm³/mol. The van der Waals surface area contributed by atoms with E-state index < -0.39 is 11.8 Å². The highest BCUT2D eigenvalue weighted by atomic mass is 32.1. The highest BCUT2D eigenvalue weighted by molar-refractivity contribution is 7.80. The summed E-state index contributed by atoms with van der Waals surface area (Å²) in [5.74, 6) is 0.279. The van der Waals surface area contributed by atoms with E-state index in [1.165, 1.54) is 11.0 Å². The van der Waals surface area contributed by atoms with Gasteiger partial charge in [0, 0.05) is 7.05 Å². The Morgan fingerprint density at radius 3 is 2.38 bits per heavy atom. The standard InChI is InChI=1S/C21H16N4O3S/c1-24-13-22-12-15(24)11-18-19(26)23-21(29)25(20(18)27)14-7-9-17(10-8-14)28-16-5-3-2-4-6-16/h2-13H,1H3,(H,23,26,29)/b18-11-. The van der Waals surface area contributed by atoms with Crippen molar-refractivity contribution < 1.29 is 14.3 Å². The quantitative estimate of drug-likeness (QED) is 0.411. The molecule has 0 unspecified atom stereocenters. The molecule has 144 valence electrons. The predicted octanol–water partition coefficient (Wildman–Crippen LogP) is 3.04. The second-order valence-electron chi connectivity index (χ2n) is 6.30. The van der Waals surface area contributed by atoms with Crippen LogP contribution in [0.4, 0.5) is 5.69 Å². The summed E-state index contributed by atoms with van der Waals surface area (Å²) in [5.41, 5.74) is 1.13. The van der Waals surface area contributed by atoms with Crippen molar-refractivity contribution in [2.45, 2.75) is 0 Å². The molecule has 1 N–H and O–H groups in total. The molecule has 0 radical (unpaired) electrons. The summed E-state index contributed by atoms with van der Waals surface area (Å²) in [6.45, 7) is 0. The van der Waals surface area contributed by atoms with Crippen molar-refractivity contribution in [2.75, 3.05) is 4.90 Å². The molecule has 0 spiro atoms. The molecular formula is C21H16N4O3S. The Morgan fingerprint density at radius 1 is 1.03 bits per heavy atom. The van der Waals surface area contributed by atoms with Gasteiger partial charge in [-0.25, -0.2) is 4.98 Å². The number of ether oxygens (including phenoxy) is 1. The Bertz CT molecular complexity index is 1120. The normalized spacial score (nSPS) is 15.6. The average molecular weight is 404 g/mol. The van der Waals surface area contributed by atoms with E-state index in [9.17, 15) is 9.59 Å². The first-order valence-corrected chi connectivity index (χ1v) is 9.14. The van der Waals surface area contributed by atoms with Crippen LogP contribution in [0.15, 0.2) is 72.7 Å². The minimum absolute atomic E-state index is 0.0215. The van der Waals surface area contributed by atoms with Gasteiger partial charge in [0.05, 0.1) is 23.9 Å². The number of aromatic nitrogens is 2. The largest absolute Gasteiger partial charge is 0.457 e.